The Hall–Kier alpha value is -0.770. The zero-order valence-corrected chi connectivity index (χ0v) is 12.5. The average Bonchev–Trinajstić information content (AvgIpc) is 2.33. The molecule has 0 spiro atoms. The molecule has 4 heteroatoms. The van der Waals surface area contributed by atoms with Gasteiger partial charge in [-0.1, -0.05) is 34.1 Å². The van der Waals surface area contributed by atoms with Gasteiger partial charge < -0.3 is 15.7 Å². The van der Waals surface area contributed by atoms with Crippen LogP contribution in [0.2, 0.25) is 0 Å². The molecule has 0 aromatic carbocycles. The molecule has 0 aromatic rings. The molecule has 0 heterocycles. The smallest absolute Gasteiger partial charge is 0.315 e. The molecule has 0 radical (unpaired) electrons. The maximum Gasteiger partial charge on any atom is 0.315 e. The molecular weight excluding hydrogens is 228 g/mol. The van der Waals surface area contributed by atoms with Gasteiger partial charge in [-0.15, -0.1) is 0 Å². The van der Waals surface area contributed by atoms with Crippen LogP contribution in [0.15, 0.2) is 0 Å². The fourth-order valence-corrected chi connectivity index (χ4v) is 1.60. The molecule has 4 nitrogen and oxygen atoms in total. The van der Waals surface area contributed by atoms with Crippen LogP contribution >= 0.6 is 0 Å². The number of urea groups is 1. The zero-order valence-electron chi connectivity index (χ0n) is 12.5. The predicted octanol–water partition coefficient (Wildman–Crippen LogP) is 2.52. The van der Waals surface area contributed by atoms with Crippen molar-refractivity contribution in [1.29, 1.82) is 0 Å². The third-order valence-electron chi connectivity index (χ3n) is 3.60. The van der Waals surface area contributed by atoms with Gasteiger partial charge in [-0.3, -0.25) is 0 Å². The standard InChI is InChI=1S/C14H30N2O2/c1-6-11(2)12(3)16-13(18)15-9-7-8-14(4,5)10-17/h11-12,17H,6-10H2,1-5H3,(H2,15,16,18). The molecular formula is C14H30N2O2. The van der Waals surface area contributed by atoms with E-state index in [2.05, 4.69) is 24.5 Å². The highest BCUT2D eigenvalue weighted by Gasteiger charge is 2.16. The van der Waals surface area contributed by atoms with Crippen molar-refractivity contribution in [1.82, 2.24) is 10.6 Å². The van der Waals surface area contributed by atoms with Crippen molar-refractivity contribution in [3.63, 3.8) is 0 Å². The number of hydrogen-bond acceptors (Lipinski definition) is 2. The fourth-order valence-electron chi connectivity index (χ4n) is 1.60. The fraction of sp³-hybridized carbons (Fsp3) is 0.929. The number of carbonyl (C=O) groups is 1. The van der Waals surface area contributed by atoms with Gasteiger partial charge in [0.25, 0.3) is 0 Å². The highest BCUT2D eigenvalue weighted by atomic mass is 16.3. The van der Waals surface area contributed by atoms with Crippen molar-refractivity contribution in [3.8, 4) is 0 Å². The van der Waals surface area contributed by atoms with E-state index in [1.807, 2.05) is 20.8 Å². The highest BCUT2D eigenvalue weighted by Crippen LogP contribution is 2.20. The van der Waals surface area contributed by atoms with Crippen LogP contribution in [-0.4, -0.2) is 30.3 Å². The number of aliphatic hydroxyl groups excluding tert-OH is 1. The molecule has 0 saturated carbocycles. The summed E-state index contributed by atoms with van der Waals surface area (Å²) in [6.07, 6.45) is 2.86. The predicted molar refractivity (Wildman–Crippen MR) is 75.6 cm³/mol. The minimum absolute atomic E-state index is 0.0534. The number of nitrogens with one attached hydrogen (secondary N) is 2. The lowest BCUT2D eigenvalue weighted by molar-refractivity contribution is 0.148. The molecule has 0 bridgehead atoms. The van der Waals surface area contributed by atoms with Crippen LogP contribution in [0.4, 0.5) is 4.79 Å². The van der Waals surface area contributed by atoms with Crippen LogP contribution in [0.1, 0.15) is 53.9 Å². The summed E-state index contributed by atoms with van der Waals surface area (Å²) in [7, 11) is 0. The molecule has 3 N–H and O–H groups in total. The normalized spacial score (nSPS) is 15.0. The summed E-state index contributed by atoms with van der Waals surface area (Å²) >= 11 is 0. The number of hydrogen-bond donors (Lipinski definition) is 3. The minimum Gasteiger partial charge on any atom is -0.396 e. The Morgan fingerprint density at radius 2 is 1.94 bits per heavy atom. The lowest BCUT2D eigenvalue weighted by Crippen LogP contribution is -2.43. The van der Waals surface area contributed by atoms with Gasteiger partial charge in [-0.25, -0.2) is 4.79 Å². The van der Waals surface area contributed by atoms with Gasteiger partial charge in [0.15, 0.2) is 0 Å². The van der Waals surface area contributed by atoms with Crippen molar-refractivity contribution in [2.75, 3.05) is 13.2 Å². The Balaban J connectivity index is 3.72. The summed E-state index contributed by atoms with van der Waals surface area (Å²) in [5.74, 6) is 0.490. The number of rotatable bonds is 8. The summed E-state index contributed by atoms with van der Waals surface area (Å²) in [5, 5.41) is 14.9. The van der Waals surface area contributed by atoms with E-state index in [1.165, 1.54) is 0 Å². The summed E-state index contributed by atoms with van der Waals surface area (Å²) in [4.78, 5) is 11.6. The minimum atomic E-state index is -0.0930. The number of aliphatic hydroxyl groups is 1. The molecule has 0 aliphatic heterocycles. The van der Waals surface area contributed by atoms with Gasteiger partial charge in [0.2, 0.25) is 0 Å². The Labute approximate surface area is 112 Å². The lowest BCUT2D eigenvalue weighted by atomic mass is 9.89. The van der Waals surface area contributed by atoms with Crippen LogP contribution in [-0.2, 0) is 0 Å². The number of amides is 2. The molecule has 0 aliphatic rings. The summed E-state index contributed by atoms with van der Waals surface area (Å²) in [5.41, 5.74) is -0.0534. The Morgan fingerprint density at radius 3 is 2.44 bits per heavy atom. The lowest BCUT2D eigenvalue weighted by Gasteiger charge is -2.22. The molecule has 0 aromatic heterocycles. The van der Waals surface area contributed by atoms with Crippen molar-refractivity contribution in [2.24, 2.45) is 11.3 Å². The molecule has 0 saturated heterocycles. The van der Waals surface area contributed by atoms with Crippen LogP contribution in [0.25, 0.3) is 0 Å². The summed E-state index contributed by atoms with van der Waals surface area (Å²) in [6.45, 7) is 11.2. The maximum atomic E-state index is 11.6. The first-order valence-electron chi connectivity index (χ1n) is 6.97. The second-order valence-electron chi connectivity index (χ2n) is 6.00. The van der Waals surface area contributed by atoms with E-state index in [4.69, 9.17) is 5.11 Å². The van der Waals surface area contributed by atoms with Gasteiger partial charge in [-0.05, 0) is 31.1 Å². The molecule has 0 aliphatic carbocycles. The second kappa shape index (κ2) is 8.35. The van der Waals surface area contributed by atoms with E-state index < -0.39 is 0 Å². The van der Waals surface area contributed by atoms with Crippen LogP contribution in [0.3, 0.4) is 0 Å². The van der Waals surface area contributed by atoms with E-state index in [0.717, 1.165) is 19.3 Å². The molecule has 2 amide bonds. The van der Waals surface area contributed by atoms with E-state index in [1.54, 1.807) is 0 Å². The first kappa shape index (κ1) is 17.2. The van der Waals surface area contributed by atoms with Crippen molar-refractivity contribution < 1.29 is 9.90 Å². The summed E-state index contributed by atoms with van der Waals surface area (Å²) < 4.78 is 0. The Morgan fingerprint density at radius 1 is 1.33 bits per heavy atom. The van der Waals surface area contributed by atoms with E-state index in [0.29, 0.717) is 12.5 Å². The molecule has 18 heavy (non-hydrogen) atoms. The SMILES string of the molecule is CCC(C)C(C)NC(=O)NCCCC(C)(C)CO. The van der Waals surface area contributed by atoms with Gasteiger partial charge in [-0.2, -0.15) is 0 Å². The van der Waals surface area contributed by atoms with Crippen molar-refractivity contribution in [2.45, 2.75) is 59.9 Å². The van der Waals surface area contributed by atoms with Gasteiger partial charge >= 0.3 is 6.03 Å². The largest absolute Gasteiger partial charge is 0.396 e. The molecule has 2 unspecified atom stereocenters. The van der Waals surface area contributed by atoms with E-state index >= 15 is 0 Å². The summed E-state index contributed by atoms with van der Waals surface area (Å²) in [6, 6.07) is 0.105. The Kier molecular flexibility index (Phi) is 8.00. The van der Waals surface area contributed by atoms with Crippen molar-refractivity contribution in [3.05, 3.63) is 0 Å². The molecule has 108 valence electrons. The first-order chi connectivity index (χ1) is 8.32. The highest BCUT2D eigenvalue weighted by molar-refractivity contribution is 5.74. The average molecular weight is 258 g/mol. The first-order valence-corrected chi connectivity index (χ1v) is 6.97. The third-order valence-corrected chi connectivity index (χ3v) is 3.60. The topological polar surface area (TPSA) is 61.4 Å². The molecule has 0 rings (SSSR count). The second-order valence-corrected chi connectivity index (χ2v) is 6.00. The third kappa shape index (κ3) is 7.54. The van der Waals surface area contributed by atoms with Gasteiger partial charge in [0, 0.05) is 19.2 Å². The monoisotopic (exact) mass is 258 g/mol. The van der Waals surface area contributed by atoms with E-state index in [-0.39, 0.29) is 24.1 Å². The molecule has 2 atom stereocenters. The van der Waals surface area contributed by atoms with Crippen LogP contribution in [0, 0.1) is 11.3 Å². The van der Waals surface area contributed by atoms with Crippen LogP contribution in [0.5, 0.6) is 0 Å². The Bertz CT molecular complexity index is 242. The maximum absolute atomic E-state index is 11.6. The zero-order chi connectivity index (χ0) is 14.2. The number of carbonyl (C=O) groups excluding carboxylic acids is 1. The quantitative estimate of drug-likeness (QED) is 0.586. The van der Waals surface area contributed by atoms with Gasteiger partial charge in [0.05, 0.1) is 0 Å². The molecule has 0 fully saturated rings. The van der Waals surface area contributed by atoms with E-state index in [9.17, 15) is 4.79 Å². The van der Waals surface area contributed by atoms with Gasteiger partial charge in [0.1, 0.15) is 0 Å². The van der Waals surface area contributed by atoms with Crippen molar-refractivity contribution >= 4 is 6.03 Å². The van der Waals surface area contributed by atoms with Crippen LogP contribution < -0.4 is 10.6 Å².